The SMILES string of the molecule is O=S(=O)(NCl)c1ccc(Cl)cc1. The first-order chi connectivity index (χ1) is 5.56. The zero-order valence-electron chi connectivity index (χ0n) is 5.79. The molecule has 0 aliphatic heterocycles. The number of nitrogens with one attached hydrogen (secondary N) is 1. The molecule has 0 bridgehead atoms. The molecule has 0 spiro atoms. The predicted molar refractivity (Wildman–Crippen MR) is 47.6 cm³/mol. The molecule has 66 valence electrons. The second-order valence-corrected chi connectivity index (χ2v) is 4.57. The van der Waals surface area contributed by atoms with Crippen LogP contribution in [-0.2, 0) is 10.0 Å². The lowest BCUT2D eigenvalue weighted by Crippen LogP contribution is -2.12. The van der Waals surface area contributed by atoms with Crippen LogP contribution in [0.15, 0.2) is 29.2 Å². The molecule has 0 fully saturated rings. The Kier molecular flexibility index (Phi) is 2.95. The highest BCUT2D eigenvalue weighted by molar-refractivity contribution is 7.90. The maximum Gasteiger partial charge on any atom is 0.253 e. The van der Waals surface area contributed by atoms with Crippen molar-refractivity contribution in [1.82, 2.24) is 4.24 Å². The fourth-order valence-electron chi connectivity index (χ4n) is 0.658. The van der Waals surface area contributed by atoms with Crippen molar-refractivity contribution < 1.29 is 8.42 Å². The zero-order valence-corrected chi connectivity index (χ0v) is 8.12. The van der Waals surface area contributed by atoms with Crippen LogP contribution in [0.2, 0.25) is 5.02 Å². The minimum atomic E-state index is -3.56. The molecule has 1 aromatic carbocycles. The van der Waals surface area contributed by atoms with Gasteiger partial charge in [-0.15, -0.1) is 4.24 Å². The summed E-state index contributed by atoms with van der Waals surface area (Å²) in [4.78, 5) is 0.0851. The number of rotatable bonds is 2. The molecular formula is C6H5Cl2NO2S. The first-order valence-electron chi connectivity index (χ1n) is 2.94. The van der Waals surface area contributed by atoms with Gasteiger partial charge in [-0.05, 0) is 36.0 Å². The normalized spacial score (nSPS) is 11.5. The highest BCUT2D eigenvalue weighted by atomic mass is 35.5. The Morgan fingerprint density at radius 3 is 2.08 bits per heavy atom. The van der Waals surface area contributed by atoms with E-state index in [0.29, 0.717) is 5.02 Å². The minimum Gasteiger partial charge on any atom is -0.206 e. The summed E-state index contributed by atoms with van der Waals surface area (Å²) >= 11 is 10.6. The van der Waals surface area contributed by atoms with Crippen molar-refractivity contribution in [3.8, 4) is 0 Å². The third-order valence-corrected chi connectivity index (χ3v) is 3.18. The number of halogens is 2. The van der Waals surface area contributed by atoms with Crippen LogP contribution in [0, 0.1) is 0 Å². The summed E-state index contributed by atoms with van der Waals surface area (Å²) in [5.74, 6) is 0. The van der Waals surface area contributed by atoms with Gasteiger partial charge in [0, 0.05) is 5.02 Å². The largest absolute Gasteiger partial charge is 0.253 e. The lowest BCUT2D eigenvalue weighted by atomic mass is 10.4. The van der Waals surface area contributed by atoms with Crippen LogP contribution in [-0.4, -0.2) is 8.42 Å². The fraction of sp³-hybridized carbons (Fsp3) is 0. The van der Waals surface area contributed by atoms with Crippen molar-refractivity contribution >= 4 is 33.4 Å². The second-order valence-electron chi connectivity index (χ2n) is 2.03. The Labute approximate surface area is 80.5 Å². The number of sulfonamides is 1. The third-order valence-electron chi connectivity index (χ3n) is 1.23. The monoisotopic (exact) mass is 225 g/mol. The van der Waals surface area contributed by atoms with Gasteiger partial charge in [0.05, 0.1) is 4.90 Å². The van der Waals surface area contributed by atoms with E-state index in [1.807, 2.05) is 0 Å². The van der Waals surface area contributed by atoms with Gasteiger partial charge in [0.1, 0.15) is 0 Å². The first kappa shape index (κ1) is 9.80. The fourth-order valence-corrected chi connectivity index (χ4v) is 1.64. The molecule has 0 aliphatic rings. The van der Waals surface area contributed by atoms with Crippen molar-refractivity contribution in [2.45, 2.75) is 4.90 Å². The Bertz CT molecular complexity index is 360. The average molecular weight is 226 g/mol. The molecule has 3 nitrogen and oxygen atoms in total. The maximum absolute atomic E-state index is 11.0. The lowest BCUT2D eigenvalue weighted by molar-refractivity contribution is 0.594. The van der Waals surface area contributed by atoms with Crippen LogP contribution in [0.4, 0.5) is 0 Å². The molecular weight excluding hydrogens is 221 g/mol. The van der Waals surface area contributed by atoms with Crippen LogP contribution in [0.25, 0.3) is 0 Å². The summed E-state index contributed by atoms with van der Waals surface area (Å²) in [5.41, 5.74) is 0. The molecule has 1 N–H and O–H groups in total. The Balaban J connectivity index is 3.14. The van der Waals surface area contributed by atoms with Gasteiger partial charge < -0.3 is 0 Å². The van der Waals surface area contributed by atoms with Gasteiger partial charge in [0.2, 0.25) is 0 Å². The summed E-state index contributed by atoms with van der Waals surface area (Å²) in [6.07, 6.45) is 0. The Morgan fingerprint density at radius 1 is 1.17 bits per heavy atom. The third kappa shape index (κ3) is 2.10. The molecule has 0 radical (unpaired) electrons. The van der Waals surface area contributed by atoms with Crippen molar-refractivity contribution in [1.29, 1.82) is 0 Å². The summed E-state index contributed by atoms with van der Waals surface area (Å²) in [5, 5.41) is 0.475. The molecule has 1 aromatic rings. The molecule has 0 aromatic heterocycles. The van der Waals surface area contributed by atoms with Crippen molar-refractivity contribution in [2.75, 3.05) is 0 Å². The zero-order chi connectivity index (χ0) is 9.19. The highest BCUT2D eigenvalue weighted by Crippen LogP contribution is 2.13. The van der Waals surface area contributed by atoms with Gasteiger partial charge in [-0.25, -0.2) is 8.42 Å². The number of hydrogen-bond acceptors (Lipinski definition) is 2. The summed E-state index contributed by atoms with van der Waals surface area (Å²) in [6.45, 7) is 0. The van der Waals surface area contributed by atoms with Gasteiger partial charge in [0.15, 0.2) is 0 Å². The number of benzene rings is 1. The lowest BCUT2D eigenvalue weighted by Gasteiger charge is -1.99. The molecule has 0 aliphatic carbocycles. The van der Waals surface area contributed by atoms with E-state index in [0.717, 1.165) is 0 Å². The molecule has 0 unspecified atom stereocenters. The van der Waals surface area contributed by atoms with E-state index >= 15 is 0 Å². The summed E-state index contributed by atoms with van der Waals surface area (Å²) in [7, 11) is -3.56. The second kappa shape index (κ2) is 3.62. The van der Waals surface area contributed by atoms with Crippen LogP contribution in [0.3, 0.4) is 0 Å². The van der Waals surface area contributed by atoms with Crippen LogP contribution in [0.5, 0.6) is 0 Å². The van der Waals surface area contributed by atoms with E-state index in [1.165, 1.54) is 24.3 Å². The van der Waals surface area contributed by atoms with E-state index in [-0.39, 0.29) is 4.90 Å². The quantitative estimate of drug-likeness (QED) is 0.781. The van der Waals surface area contributed by atoms with E-state index in [1.54, 1.807) is 4.24 Å². The first-order valence-corrected chi connectivity index (χ1v) is 5.18. The molecule has 0 atom stereocenters. The van der Waals surface area contributed by atoms with E-state index < -0.39 is 10.0 Å². The van der Waals surface area contributed by atoms with Crippen LogP contribution in [0.1, 0.15) is 0 Å². The topological polar surface area (TPSA) is 46.2 Å². The molecule has 0 saturated heterocycles. The van der Waals surface area contributed by atoms with Crippen molar-refractivity contribution in [3.05, 3.63) is 29.3 Å². The molecule has 6 heteroatoms. The minimum absolute atomic E-state index is 0.0851. The van der Waals surface area contributed by atoms with Crippen molar-refractivity contribution in [2.24, 2.45) is 0 Å². The molecule has 12 heavy (non-hydrogen) atoms. The van der Waals surface area contributed by atoms with Gasteiger partial charge in [-0.2, -0.15) is 0 Å². The maximum atomic E-state index is 11.0. The predicted octanol–water partition coefficient (Wildman–Crippen LogP) is 1.77. The van der Waals surface area contributed by atoms with E-state index in [2.05, 4.69) is 0 Å². The highest BCUT2D eigenvalue weighted by Gasteiger charge is 2.10. The average Bonchev–Trinajstić information content (AvgIpc) is 2.05. The molecule has 0 saturated carbocycles. The van der Waals surface area contributed by atoms with Gasteiger partial charge >= 0.3 is 0 Å². The number of hydrogen-bond donors (Lipinski definition) is 1. The van der Waals surface area contributed by atoms with Gasteiger partial charge in [-0.1, -0.05) is 11.6 Å². The molecule has 0 heterocycles. The van der Waals surface area contributed by atoms with Crippen LogP contribution < -0.4 is 4.24 Å². The van der Waals surface area contributed by atoms with Crippen molar-refractivity contribution in [3.63, 3.8) is 0 Å². The smallest absolute Gasteiger partial charge is 0.206 e. The van der Waals surface area contributed by atoms with Crippen LogP contribution >= 0.6 is 23.4 Å². The summed E-state index contributed by atoms with van der Waals surface area (Å²) in [6, 6.07) is 5.69. The molecule has 1 rings (SSSR count). The summed E-state index contributed by atoms with van der Waals surface area (Å²) < 4.78 is 23.7. The van der Waals surface area contributed by atoms with Gasteiger partial charge in [0.25, 0.3) is 10.0 Å². The van der Waals surface area contributed by atoms with E-state index in [9.17, 15) is 8.42 Å². The van der Waals surface area contributed by atoms with Gasteiger partial charge in [-0.3, -0.25) is 0 Å². The molecule has 0 amide bonds. The Hall–Kier alpha value is -0.290. The Morgan fingerprint density at radius 2 is 1.67 bits per heavy atom. The standard InChI is InChI=1S/C6H5Cl2NO2S/c7-5-1-3-6(4-2-5)12(10,11)9-8/h1-4,9H. The van der Waals surface area contributed by atoms with E-state index in [4.69, 9.17) is 23.4 Å².